The monoisotopic (exact) mass is 978 g/mol. The van der Waals surface area contributed by atoms with Gasteiger partial charge in [0.2, 0.25) is 0 Å². The first-order chi connectivity index (χ1) is 32.5. The molecular weight excluding hydrogens is 909 g/mol. The average Bonchev–Trinajstić information content (AvgIpc) is 4.20. The summed E-state index contributed by atoms with van der Waals surface area (Å²) in [4.78, 5) is 11.1. The molecule has 0 radical (unpaired) electrons. The summed E-state index contributed by atoms with van der Waals surface area (Å²) in [5, 5.41) is 35.6. The molecule has 4 aromatic carbocycles. The molecule has 0 saturated carbocycles. The van der Waals surface area contributed by atoms with E-state index < -0.39 is 0 Å². The van der Waals surface area contributed by atoms with Crippen LogP contribution in [0.4, 0.5) is 0 Å². The lowest BCUT2D eigenvalue weighted by atomic mass is 10.1. The molecule has 1 unspecified atom stereocenters. The largest absolute Gasteiger partial charge is 0.485 e. The van der Waals surface area contributed by atoms with Crippen molar-refractivity contribution in [1.29, 1.82) is 0 Å². The first-order valence-electron chi connectivity index (χ1n) is 22.9. The van der Waals surface area contributed by atoms with Crippen molar-refractivity contribution in [3.05, 3.63) is 174 Å². The average molecular weight is 979 g/mol. The van der Waals surface area contributed by atoms with Gasteiger partial charge in [0.05, 0.1) is 12.2 Å². The van der Waals surface area contributed by atoms with Crippen molar-refractivity contribution in [3.63, 3.8) is 0 Å². The molecule has 4 atom stereocenters. The number of aliphatic hydroxyl groups is 2. The van der Waals surface area contributed by atoms with Crippen LogP contribution >= 0.6 is 45.3 Å². The van der Waals surface area contributed by atoms with Gasteiger partial charge in [-0.15, -0.1) is 45.3 Å². The van der Waals surface area contributed by atoms with Crippen LogP contribution in [0.1, 0.15) is 69.6 Å². The summed E-state index contributed by atoms with van der Waals surface area (Å²) >= 11 is 6.74. The predicted molar refractivity (Wildman–Crippen MR) is 290 cm³/mol. The highest BCUT2D eigenvalue weighted by atomic mass is 32.1. The molecule has 0 spiro atoms. The standard InChI is InChI=1S/C19H21NOS.C18H19NOS.2C9H15NOS/c1-20(2)12-11-18(19-8-5-13-22-19)21-17-10-9-15-6-3-4-7-16(15)14-17;1-19-11-10-17(18-7-4-12-21-18)20-16-9-8-14-5-2-3-6-15(14)13-16;2*1-10(2)6-5-8(11)9-4-3-7-12-9/h3-10,13-14,18H,11-12H2,1-2H3;2-9,12-13,17,19H,10-11H2,1H3;2*3-4,7-8,11H,5-6H2,1-2H3/t18-;17-;8-;/m000./s1. The number of ether oxygens (including phenoxy) is 2. The Hall–Kier alpha value is -4.44. The number of benzene rings is 4. The van der Waals surface area contributed by atoms with E-state index in [1.54, 1.807) is 45.3 Å². The maximum atomic E-state index is 9.64. The predicted octanol–water partition coefficient (Wildman–Crippen LogP) is 13.1. The third-order valence-corrected chi connectivity index (χ3v) is 14.5. The lowest BCUT2D eigenvalue weighted by molar-refractivity contribution is 0.157. The van der Waals surface area contributed by atoms with E-state index in [-0.39, 0.29) is 24.4 Å². The smallest absolute Gasteiger partial charge is 0.134 e. The van der Waals surface area contributed by atoms with Crippen LogP contribution in [0.5, 0.6) is 11.5 Å². The molecule has 67 heavy (non-hydrogen) atoms. The van der Waals surface area contributed by atoms with Gasteiger partial charge in [-0.25, -0.2) is 0 Å². The molecule has 3 N–H and O–H groups in total. The van der Waals surface area contributed by atoms with Gasteiger partial charge in [0.15, 0.2) is 0 Å². The van der Waals surface area contributed by atoms with Crippen LogP contribution in [0.2, 0.25) is 0 Å². The Morgan fingerprint density at radius 3 is 1.15 bits per heavy atom. The lowest BCUT2D eigenvalue weighted by Crippen LogP contribution is -2.18. The molecule has 0 amide bonds. The molecule has 0 saturated heterocycles. The van der Waals surface area contributed by atoms with Gasteiger partial charge in [0.25, 0.3) is 0 Å². The summed E-state index contributed by atoms with van der Waals surface area (Å²) in [7, 11) is 14.2. The number of nitrogens with zero attached hydrogens (tertiary/aromatic N) is 3. The van der Waals surface area contributed by atoms with Crippen LogP contribution in [-0.2, 0) is 0 Å². The second kappa shape index (κ2) is 29.4. The molecule has 0 aliphatic carbocycles. The van der Waals surface area contributed by atoms with E-state index in [1.165, 1.54) is 31.3 Å². The van der Waals surface area contributed by atoms with Crippen molar-refractivity contribution < 1.29 is 19.7 Å². The first-order valence-corrected chi connectivity index (χ1v) is 26.4. The number of hydrogen-bond donors (Lipinski definition) is 3. The van der Waals surface area contributed by atoms with Gasteiger partial charge in [-0.2, -0.15) is 0 Å². The molecule has 0 fully saturated rings. The summed E-state index contributed by atoms with van der Waals surface area (Å²) in [5.74, 6) is 1.87. The minimum Gasteiger partial charge on any atom is -0.485 e. The Morgan fingerprint density at radius 2 is 0.791 bits per heavy atom. The minimum atomic E-state index is -0.285. The fraction of sp³-hybridized carbons (Fsp3) is 0.345. The van der Waals surface area contributed by atoms with Crippen LogP contribution in [0.25, 0.3) is 21.5 Å². The third kappa shape index (κ3) is 19.2. The molecule has 0 aliphatic rings. The van der Waals surface area contributed by atoms with Crippen molar-refractivity contribution in [3.8, 4) is 11.5 Å². The van der Waals surface area contributed by atoms with Crippen LogP contribution in [0.3, 0.4) is 0 Å². The van der Waals surface area contributed by atoms with E-state index in [1.807, 2.05) is 70.3 Å². The zero-order chi connectivity index (χ0) is 47.8. The van der Waals surface area contributed by atoms with Crippen LogP contribution in [0, 0.1) is 0 Å². The van der Waals surface area contributed by atoms with Crippen molar-refractivity contribution in [2.24, 2.45) is 0 Å². The number of hydrogen-bond acceptors (Lipinski definition) is 12. The van der Waals surface area contributed by atoms with Gasteiger partial charge >= 0.3 is 0 Å². The van der Waals surface area contributed by atoms with Crippen LogP contribution in [-0.4, -0.2) is 100 Å². The highest BCUT2D eigenvalue weighted by molar-refractivity contribution is 7.10. The zero-order valence-corrected chi connectivity index (χ0v) is 43.4. The quantitative estimate of drug-likeness (QED) is 0.0697. The van der Waals surface area contributed by atoms with Crippen molar-refractivity contribution in [2.45, 2.75) is 50.1 Å². The summed E-state index contributed by atoms with van der Waals surface area (Å²) in [6.07, 6.45) is 3.23. The van der Waals surface area contributed by atoms with Gasteiger partial charge in [-0.05, 0) is 160 Å². The van der Waals surface area contributed by atoms with Crippen molar-refractivity contribution in [2.75, 3.05) is 75.5 Å². The van der Waals surface area contributed by atoms with Gasteiger partial charge in [-0.3, -0.25) is 0 Å². The minimum absolute atomic E-state index is 0.110. The zero-order valence-electron chi connectivity index (χ0n) is 40.2. The molecule has 0 bridgehead atoms. The van der Waals surface area contributed by atoms with Crippen LogP contribution < -0.4 is 14.8 Å². The highest BCUT2D eigenvalue weighted by Crippen LogP contribution is 2.32. The summed E-state index contributed by atoms with van der Waals surface area (Å²) in [6, 6.07) is 45.7. The van der Waals surface area contributed by atoms with Gasteiger partial charge in [0, 0.05) is 52.0 Å². The normalized spacial score (nSPS) is 13.0. The van der Waals surface area contributed by atoms with E-state index in [9.17, 15) is 10.2 Å². The molecule has 8 rings (SSSR count). The Balaban J connectivity index is 0.000000174. The van der Waals surface area contributed by atoms with E-state index in [0.717, 1.165) is 73.1 Å². The first kappa shape index (κ1) is 53.5. The maximum absolute atomic E-state index is 9.64. The van der Waals surface area contributed by atoms with Crippen molar-refractivity contribution >= 4 is 66.9 Å². The van der Waals surface area contributed by atoms with E-state index >= 15 is 0 Å². The number of thiophene rings is 4. The second-order valence-corrected chi connectivity index (χ2v) is 20.9. The number of rotatable bonds is 20. The van der Waals surface area contributed by atoms with E-state index in [2.05, 4.69) is 154 Å². The summed E-state index contributed by atoms with van der Waals surface area (Å²) in [5.41, 5.74) is 0. The SMILES string of the molecule is CN(C)CCC(O)c1cccs1.CN(C)CC[C@H](O)c1cccs1.CN(C)CC[C@H](Oc1ccc2ccccc2c1)c1cccs1.CNCC[C@H](Oc1ccc2ccccc2c1)c1cccs1. The number of aliphatic hydroxyl groups excluding tert-OH is 2. The summed E-state index contributed by atoms with van der Waals surface area (Å²) in [6.45, 7) is 3.81. The molecule has 8 nitrogen and oxygen atoms in total. The van der Waals surface area contributed by atoms with Crippen molar-refractivity contribution in [1.82, 2.24) is 20.0 Å². The molecule has 12 heteroatoms. The number of fused-ring (bicyclic) bond motifs is 2. The van der Waals surface area contributed by atoms with E-state index in [0.29, 0.717) is 0 Å². The van der Waals surface area contributed by atoms with Gasteiger partial charge in [-0.1, -0.05) is 84.9 Å². The second-order valence-electron chi connectivity index (χ2n) is 17.0. The molecular formula is C55H70N4O4S4. The molecule has 8 aromatic rings. The molecule has 0 aliphatic heterocycles. The Morgan fingerprint density at radius 1 is 0.433 bits per heavy atom. The summed E-state index contributed by atoms with van der Waals surface area (Å²) < 4.78 is 12.5. The Labute approximate surface area is 415 Å². The Bertz CT molecular complexity index is 2430. The topological polar surface area (TPSA) is 80.7 Å². The van der Waals surface area contributed by atoms with Gasteiger partial charge in [0.1, 0.15) is 23.7 Å². The fourth-order valence-corrected chi connectivity index (χ4v) is 10.0. The molecule has 358 valence electrons. The van der Waals surface area contributed by atoms with Crippen LogP contribution in [0.15, 0.2) is 155 Å². The van der Waals surface area contributed by atoms with E-state index in [4.69, 9.17) is 9.47 Å². The Kier molecular flexibility index (Phi) is 23.5. The molecule has 4 heterocycles. The fourth-order valence-electron chi connectivity index (χ4n) is 6.94. The third-order valence-electron chi connectivity index (χ3n) is 10.7. The number of nitrogens with one attached hydrogen (secondary N) is 1. The molecule has 4 aromatic heterocycles. The lowest BCUT2D eigenvalue weighted by Gasteiger charge is -2.20. The maximum Gasteiger partial charge on any atom is 0.134 e. The highest BCUT2D eigenvalue weighted by Gasteiger charge is 2.16. The van der Waals surface area contributed by atoms with Gasteiger partial charge < -0.3 is 39.7 Å².